The predicted molar refractivity (Wildman–Crippen MR) is 88.4 cm³/mol. The lowest BCUT2D eigenvalue weighted by Gasteiger charge is -2.10. The SMILES string of the molecule is COc1cccc2nnc(NC(=O)Nc3cc(Cl)ccc3C)n12. The van der Waals surface area contributed by atoms with Crippen molar-refractivity contribution in [2.75, 3.05) is 17.7 Å². The monoisotopic (exact) mass is 331 g/mol. The van der Waals surface area contributed by atoms with Gasteiger partial charge in [0.15, 0.2) is 5.65 Å². The summed E-state index contributed by atoms with van der Waals surface area (Å²) in [6.45, 7) is 1.88. The van der Waals surface area contributed by atoms with Crippen molar-refractivity contribution in [3.8, 4) is 5.88 Å². The van der Waals surface area contributed by atoms with Gasteiger partial charge in [0, 0.05) is 10.7 Å². The maximum Gasteiger partial charge on any atom is 0.326 e. The number of hydrogen-bond donors (Lipinski definition) is 2. The van der Waals surface area contributed by atoms with E-state index in [4.69, 9.17) is 16.3 Å². The van der Waals surface area contributed by atoms with Crippen molar-refractivity contribution in [2.45, 2.75) is 6.92 Å². The number of aromatic nitrogens is 3. The first-order valence-corrected chi connectivity index (χ1v) is 7.18. The van der Waals surface area contributed by atoms with E-state index in [1.54, 1.807) is 34.7 Å². The van der Waals surface area contributed by atoms with Gasteiger partial charge in [-0.25, -0.2) is 9.20 Å². The molecule has 0 radical (unpaired) electrons. The van der Waals surface area contributed by atoms with Crippen molar-refractivity contribution < 1.29 is 9.53 Å². The van der Waals surface area contributed by atoms with Crippen LogP contribution in [0.4, 0.5) is 16.4 Å². The van der Waals surface area contributed by atoms with Crippen molar-refractivity contribution in [3.05, 3.63) is 47.0 Å². The van der Waals surface area contributed by atoms with Gasteiger partial charge in [0.05, 0.1) is 7.11 Å². The number of benzene rings is 1. The highest BCUT2D eigenvalue weighted by Crippen LogP contribution is 2.21. The van der Waals surface area contributed by atoms with Crippen LogP contribution in [0.1, 0.15) is 5.56 Å². The minimum atomic E-state index is -0.449. The van der Waals surface area contributed by atoms with Gasteiger partial charge in [0.1, 0.15) is 0 Å². The number of amides is 2. The van der Waals surface area contributed by atoms with Crippen molar-refractivity contribution in [3.63, 3.8) is 0 Å². The summed E-state index contributed by atoms with van der Waals surface area (Å²) in [6.07, 6.45) is 0. The highest BCUT2D eigenvalue weighted by atomic mass is 35.5. The largest absolute Gasteiger partial charge is 0.482 e. The Balaban J connectivity index is 1.85. The van der Waals surface area contributed by atoms with Crippen LogP contribution in [0.15, 0.2) is 36.4 Å². The van der Waals surface area contributed by atoms with Gasteiger partial charge in [-0.15, -0.1) is 10.2 Å². The Bertz CT molecular complexity index is 877. The van der Waals surface area contributed by atoms with Gasteiger partial charge in [-0.05, 0) is 36.8 Å². The van der Waals surface area contributed by atoms with Gasteiger partial charge < -0.3 is 10.1 Å². The molecule has 2 N–H and O–H groups in total. The lowest BCUT2D eigenvalue weighted by molar-refractivity contribution is 0.262. The summed E-state index contributed by atoms with van der Waals surface area (Å²) in [5.41, 5.74) is 2.09. The van der Waals surface area contributed by atoms with Gasteiger partial charge in [-0.1, -0.05) is 23.7 Å². The topological polar surface area (TPSA) is 80.6 Å². The number of nitrogens with zero attached hydrogens (tertiary/aromatic N) is 3. The first kappa shape index (κ1) is 15.1. The second kappa shape index (κ2) is 6.13. The van der Waals surface area contributed by atoms with Crippen LogP contribution in [0.2, 0.25) is 5.02 Å². The third-order valence-corrected chi connectivity index (χ3v) is 3.51. The number of aryl methyl sites for hydroxylation is 1. The molecule has 0 saturated carbocycles. The van der Waals surface area contributed by atoms with Gasteiger partial charge in [-0.2, -0.15) is 0 Å². The molecule has 0 bridgehead atoms. The first-order valence-electron chi connectivity index (χ1n) is 6.81. The van der Waals surface area contributed by atoms with Crippen LogP contribution < -0.4 is 15.4 Å². The number of carbonyl (C=O) groups excluding carboxylic acids is 1. The Kier molecular flexibility index (Phi) is 4.03. The molecule has 0 fully saturated rings. The van der Waals surface area contributed by atoms with E-state index in [2.05, 4.69) is 20.8 Å². The number of rotatable bonds is 3. The zero-order chi connectivity index (χ0) is 16.4. The lowest BCUT2D eigenvalue weighted by Crippen LogP contribution is -2.21. The van der Waals surface area contributed by atoms with Gasteiger partial charge in [-0.3, -0.25) is 5.32 Å². The van der Waals surface area contributed by atoms with E-state index in [0.29, 0.717) is 22.2 Å². The summed E-state index contributed by atoms with van der Waals surface area (Å²) >= 11 is 5.95. The molecule has 2 aromatic heterocycles. The average molecular weight is 332 g/mol. The van der Waals surface area contributed by atoms with E-state index in [-0.39, 0.29) is 5.95 Å². The van der Waals surface area contributed by atoms with E-state index < -0.39 is 6.03 Å². The van der Waals surface area contributed by atoms with Crippen LogP contribution in [0.3, 0.4) is 0 Å². The van der Waals surface area contributed by atoms with Crippen molar-refractivity contribution in [1.29, 1.82) is 0 Å². The van der Waals surface area contributed by atoms with Gasteiger partial charge in [0.25, 0.3) is 0 Å². The number of methoxy groups -OCH3 is 1. The fraction of sp³-hybridized carbons (Fsp3) is 0.133. The molecule has 0 atom stereocenters. The molecule has 1 aromatic carbocycles. The summed E-state index contributed by atoms with van der Waals surface area (Å²) in [4.78, 5) is 12.2. The molecular formula is C15H14ClN5O2. The molecule has 8 heteroatoms. The molecule has 0 saturated heterocycles. The van der Waals surface area contributed by atoms with E-state index in [0.717, 1.165) is 5.56 Å². The van der Waals surface area contributed by atoms with Crippen LogP contribution in [-0.4, -0.2) is 27.7 Å². The van der Waals surface area contributed by atoms with Crippen LogP contribution in [0, 0.1) is 6.92 Å². The van der Waals surface area contributed by atoms with Crippen molar-refractivity contribution in [2.24, 2.45) is 0 Å². The number of halogens is 1. The minimum Gasteiger partial charge on any atom is -0.482 e. The summed E-state index contributed by atoms with van der Waals surface area (Å²) in [6, 6.07) is 10.1. The van der Waals surface area contributed by atoms with Gasteiger partial charge in [0.2, 0.25) is 11.8 Å². The number of pyridine rings is 1. The molecule has 2 amide bonds. The summed E-state index contributed by atoms with van der Waals surface area (Å²) in [7, 11) is 1.54. The van der Waals surface area contributed by atoms with E-state index in [9.17, 15) is 4.79 Å². The molecule has 0 aliphatic heterocycles. The van der Waals surface area contributed by atoms with Crippen LogP contribution in [0.5, 0.6) is 5.88 Å². The third kappa shape index (κ3) is 3.04. The smallest absolute Gasteiger partial charge is 0.326 e. The Morgan fingerprint density at radius 3 is 2.83 bits per heavy atom. The number of hydrogen-bond acceptors (Lipinski definition) is 4. The summed E-state index contributed by atoms with van der Waals surface area (Å²) in [5.74, 6) is 0.774. The molecule has 3 rings (SSSR count). The standard InChI is InChI=1S/C15H14ClN5O2/c1-9-6-7-10(16)8-11(9)17-15(22)18-14-20-19-12-4-3-5-13(23-2)21(12)14/h3-8H,1-2H3,(H2,17,18,20,22). The van der Waals surface area contributed by atoms with Crippen molar-refractivity contribution >= 4 is 34.9 Å². The zero-order valence-electron chi connectivity index (χ0n) is 12.5. The Hall–Kier alpha value is -2.80. The number of fused-ring (bicyclic) bond motifs is 1. The number of urea groups is 1. The Morgan fingerprint density at radius 2 is 2.04 bits per heavy atom. The van der Waals surface area contributed by atoms with E-state index in [1.165, 1.54) is 7.11 Å². The molecule has 3 aromatic rings. The van der Waals surface area contributed by atoms with Crippen LogP contribution >= 0.6 is 11.6 Å². The average Bonchev–Trinajstić information content (AvgIpc) is 2.94. The fourth-order valence-corrected chi connectivity index (χ4v) is 2.31. The predicted octanol–water partition coefficient (Wildman–Crippen LogP) is 3.34. The third-order valence-electron chi connectivity index (χ3n) is 3.27. The second-order valence-electron chi connectivity index (χ2n) is 4.82. The molecular weight excluding hydrogens is 318 g/mol. The molecule has 23 heavy (non-hydrogen) atoms. The van der Waals surface area contributed by atoms with Crippen molar-refractivity contribution in [1.82, 2.24) is 14.6 Å². The molecule has 2 heterocycles. The highest BCUT2D eigenvalue weighted by Gasteiger charge is 2.13. The molecule has 118 valence electrons. The summed E-state index contributed by atoms with van der Waals surface area (Å²) < 4.78 is 6.86. The van der Waals surface area contributed by atoms with E-state index >= 15 is 0 Å². The number of ether oxygens (including phenoxy) is 1. The van der Waals surface area contributed by atoms with Crippen LogP contribution in [0.25, 0.3) is 5.65 Å². The Morgan fingerprint density at radius 1 is 1.22 bits per heavy atom. The molecule has 0 spiro atoms. The molecule has 0 unspecified atom stereocenters. The minimum absolute atomic E-state index is 0.259. The maximum absolute atomic E-state index is 12.2. The maximum atomic E-state index is 12.2. The normalized spacial score (nSPS) is 10.6. The molecule has 7 nitrogen and oxygen atoms in total. The zero-order valence-corrected chi connectivity index (χ0v) is 13.3. The lowest BCUT2D eigenvalue weighted by atomic mass is 10.2. The number of anilines is 2. The Labute approximate surface area is 137 Å². The highest BCUT2D eigenvalue weighted by molar-refractivity contribution is 6.31. The number of carbonyl (C=O) groups is 1. The van der Waals surface area contributed by atoms with E-state index in [1.807, 2.05) is 13.0 Å². The summed E-state index contributed by atoms with van der Waals surface area (Å²) in [5, 5.41) is 13.9. The number of nitrogens with one attached hydrogen (secondary N) is 2. The molecule has 0 aliphatic rings. The first-order chi connectivity index (χ1) is 11.1. The van der Waals surface area contributed by atoms with Crippen LogP contribution in [-0.2, 0) is 0 Å². The fourth-order valence-electron chi connectivity index (χ4n) is 2.14. The quantitative estimate of drug-likeness (QED) is 0.771. The second-order valence-corrected chi connectivity index (χ2v) is 5.26. The molecule has 0 aliphatic carbocycles. The van der Waals surface area contributed by atoms with Gasteiger partial charge >= 0.3 is 6.03 Å².